The van der Waals surface area contributed by atoms with Gasteiger partial charge in [0.25, 0.3) is 5.91 Å². The second kappa shape index (κ2) is 9.92. The van der Waals surface area contributed by atoms with Crippen molar-refractivity contribution in [2.24, 2.45) is 5.10 Å². The maximum atomic E-state index is 12.2. The van der Waals surface area contributed by atoms with Crippen molar-refractivity contribution in [2.75, 3.05) is 0 Å². The summed E-state index contributed by atoms with van der Waals surface area (Å²) < 4.78 is 2.15. The first-order chi connectivity index (χ1) is 17.0. The molecule has 35 heavy (non-hydrogen) atoms. The number of hydrogen-bond donors (Lipinski definition) is 2. The summed E-state index contributed by atoms with van der Waals surface area (Å²) in [6.07, 6.45) is 3.61. The number of thiazole rings is 1. The van der Waals surface area contributed by atoms with Gasteiger partial charge in [-0.3, -0.25) is 4.79 Å². The molecule has 0 saturated carbocycles. The van der Waals surface area contributed by atoms with Gasteiger partial charge >= 0.3 is 0 Å². The van der Waals surface area contributed by atoms with Crippen LogP contribution < -0.4 is 5.43 Å². The first kappa shape index (κ1) is 23.1. The van der Waals surface area contributed by atoms with Crippen molar-refractivity contribution in [2.45, 2.75) is 6.54 Å². The molecule has 2 N–H and O–H groups in total. The number of fused-ring (bicyclic) bond motifs is 1. The highest BCUT2D eigenvalue weighted by atomic mass is 35.5. The Kier molecular flexibility index (Phi) is 6.55. The van der Waals surface area contributed by atoms with Crippen molar-refractivity contribution in [3.8, 4) is 16.3 Å². The molecule has 0 bridgehead atoms. The van der Waals surface area contributed by atoms with Crippen LogP contribution in [0.4, 0.5) is 0 Å². The number of halogens is 2. The molecular formula is C26H18Cl2N4O2S. The van der Waals surface area contributed by atoms with Crippen molar-refractivity contribution in [1.82, 2.24) is 15.0 Å². The Balaban J connectivity index is 1.26. The van der Waals surface area contributed by atoms with E-state index in [2.05, 4.69) is 20.5 Å². The summed E-state index contributed by atoms with van der Waals surface area (Å²) in [6, 6.07) is 19.9. The lowest BCUT2D eigenvalue weighted by atomic mass is 10.2. The molecule has 0 fully saturated rings. The van der Waals surface area contributed by atoms with Gasteiger partial charge in [-0.2, -0.15) is 5.10 Å². The van der Waals surface area contributed by atoms with Crippen molar-refractivity contribution in [1.29, 1.82) is 0 Å². The van der Waals surface area contributed by atoms with E-state index in [1.165, 1.54) is 18.2 Å². The number of phenols is 1. The minimum atomic E-state index is -0.420. The number of rotatable bonds is 6. The minimum absolute atomic E-state index is 0.0799. The Morgan fingerprint density at radius 3 is 2.71 bits per heavy atom. The molecule has 0 aliphatic heterocycles. The standard InChI is InChI=1S/C26H18Cl2N4O2S/c27-20-5-2-17(3-6-20)26-30-21(15-35-26)14-32-10-9-18-11-16(1-7-23(18)32)13-29-31-25(34)19-4-8-24(33)22(28)12-19/h1-13,15,33H,14H2,(H,31,34)/b29-13+. The highest BCUT2D eigenvalue weighted by Gasteiger charge is 2.09. The van der Waals surface area contributed by atoms with Crippen LogP contribution in [-0.2, 0) is 6.54 Å². The zero-order valence-electron chi connectivity index (χ0n) is 18.2. The number of aromatic nitrogens is 2. The van der Waals surface area contributed by atoms with Gasteiger partial charge in [-0.1, -0.05) is 41.4 Å². The van der Waals surface area contributed by atoms with Gasteiger partial charge in [0.15, 0.2) is 0 Å². The highest BCUT2D eigenvalue weighted by molar-refractivity contribution is 7.13. The molecule has 6 nitrogen and oxygen atoms in total. The Morgan fingerprint density at radius 2 is 1.91 bits per heavy atom. The first-order valence-corrected chi connectivity index (χ1v) is 12.2. The molecule has 9 heteroatoms. The summed E-state index contributed by atoms with van der Waals surface area (Å²) >= 11 is 13.4. The van der Waals surface area contributed by atoms with E-state index < -0.39 is 5.91 Å². The minimum Gasteiger partial charge on any atom is -0.506 e. The van der Waals surface area contributed by atoms with Gasteiger partial charge < -0.3 is 9.67 Å². The molecule has 0 atom stereocenters. The molecule has 0 aliphatic carbocycles. The maximum Gasteiger partial charge on any atom is 0.271 e. The van der Waals surface area contributed by atoms with Crippen molar-refractivity contribution < 1.29 is 9.90 Å². The SMILES string of the molecule is O=C(N/N=C/c1ccc2c(ccn2Cc2csc(-c3ccc(Cl)cc3)n2)c1)c1ccc(O)c(Cl)c1. The Bertz CT molecular complexity index is 1560. The first-order valence-electron chi connectivity index (χ1n) is 10.6. The van der Waals surface area contributed by atoms with Gasteiger partial charge in [-0.15, -0.1) is 11.3 Å². The molecule has 5 aromatic rings. The molecule has 2 aromatic heterocycles. The number of hydrogen-bond acceptors (Lipinski definition) is 5. The van der Waals surface area contributed by atoms with Gasteiger partial charge in [0.1, 0.15) is 10.8 Å². The molecule has 174 valence electrons. The number of amides is 1. The average Bonchev–Trinajstić information content (AvgIpc) is 3.48. The Morgan fingerprint density at radius 1 is 1.09 bits per heavy atom. The van der Waals surface area contributed by atoms with Crippen molar-refractivity contribution >= 4 is 57.6 Å². The number of nitrogens with one attached hydrogen (secondary N) is 1. The fourth-order valence-corrected chi connectivity index (χ4v) is 4.72. The largest absolute Gasteiger partial charge is 0.506 e. The van der Waals surface area contributed by atoms with E-state index >= 15 is 0 Å². The fraction of sp³-hybridized carbons (Fsp3) is 0.0385. The highest BCUT2D eigenvalue weighted by Crippen LogP contribution is 2.27. The van der Waals surface area contributed by atoms with Crippen LogP contribution >= 0.6 is 34.5 Å². The lowest BCUT2D eigenvalue weighted by molar-refractivity contribution is 0.0955. The van der Waals surface area contributed by atoms with Crippen LogP contribution in [0.2, 0.25) is 10.0 Å². The van der Waals surface area contributed by atoms with E-state index in [0.717, 1.165) is 32.7 Å². The summed E-state index contributed by atoms with van der Waals surface area (Å²) in [7, 11) is 0. The number of phenolic OH excluding ortho intramolecular Hbond substituents is 1. The lowest BCUT2D eigenvalue weighted by Crippen LogP contribution is -2.17. The predicted octanol–water partition coefficient (Wildman–Crippen LogP) is 6.59. The topological polar surface area (TPSA) is 79.5 Å². The second-order valence-corrected chi connectivity index (χ2v) is 9.48. The summed E-state index contributed by atoms with van der Waals surface area (Å²) in [5.41, 5.74) is 6.73. The number of hydrazone groups is 1. The molecule has 0 saturated heterocycles. The zero-order chi connectivity index (χ0) is 24.4. The molecule has 0 unspecified atom stereocenters. The zero-order valence-corrected chi connectivity index (χ0v) is 20.5. The fourth-order valence-electron chi connectivity index (χ4n) is 3.59. The van der Waals surface area contributed by atoms with Gasteiger partial charge in [-0.25, -0.2) is 10.4 Å². The number of nitrogens with zero attached hydrogens (tertiary/aromatic N) is 3. The molecule has 0 spiro atoms. The summed E-state index contributed by atoms with van der Waals surface area (Å²) in [5, 5.41) is 18.4. The van der Waals surface area contributed by atoms with Gasteiger partial charge in [-0.05, 0) is 54.1 Å². The smallest absolute Gasteiger partial charge is 0.271 e. The third kappa shape index (κ3) is 5.22. The van der Waals surface area contributed by atoms with Crippen LogP contribution in [-0.4, -0.2) is 26.8 Å². The van der Waals surface area contributed by atoms with E-state index in [1.54, 1.807) is 17.6 Å². The summed E-state index contributed by atoms with van der Waals surface area (Å²) in [5.74, 6) is -0.500. The molecule has 1 amide bonds. The average molecular weight is 521 g/mol. The molecule has 3 aromatic carbocycles. The Labute approximate surface area is 215 Å². The maximum absolute atomic E-state index is 12.2. The molecule has 5 rings (SSSR count). The number of carbonyl (C=O) groups excluding carboxylic acids is 1. The molecule has 2 heterocycles. The Hall–Kier alpha value is -3.65. The van der Waals surface area contributed by atoms with E-state index in [1.807, 2.05) is 54.7 Å². The second-order valence-electron chi connectivity index (χ2n) is 7.78. The van der Waals surface area contributed by atoms with Crippen LogP contribution in [0.1, 0.15) is 21.6 Å². The van der Waals surface area contributed by atoms with Crippen molar-refractivity contribution in [3.05, 3.63) is 105 Å². The molecule has 0 aliphatic rings. The van der Waals surface area contributed by atoms with Crippen LogP contribution in [0.15, 0.2) is 83.4 Å². The van der Waals surface area contributed by atoms with Gasteiger partial charge in [0.2, 0.25) is 0 Å². The third-order valence-corrected chi connectivity index (χ3v) is 6.85. The van der Waals surface area contributed by atoms with E-state index in [-0.39, 0.29) is 10.8 Å². The van der Waals surface area contributed by atoms with Crippen LogP contribution in [0.25, 0.3) is 21.5 Å². The molecular weight excluding hydrogens is 503 g/mol. The predicted molar refractivity (Wildman–Crippen MR) is 142 cm³/mol. The third-order valence-electron chi connectivity index (χ3n) is 5.36. The summed E-state index contributed by atoms with van der Waals surface area (Å²) in [4.78, 5) is 17.0. The van der Waals surface area contributed by atoms with Gasteiger partial charge in [0, 0.05) is 38.6 Å². The van der Waals surface area contributed by atoms with E-state index in [0.29, 0.717) is 17.1 Å². The van der Waals surface area contributed by atoms with E-state index in [4.69, 9.17) is 28.2 Å². The normalized spacial score (nSPS) is 11.4. The quantitative estimate of drug-likeness (QED) is 0.196. The number of aromatic hydroxyl groups is 1. The van der Waals surface area contributed by atoms with Gasteiger partial charge in [0.05, 0.1) is 23.5 Å². The van der Waals surface area contributed by atoms with Crippen LogP contribution in [0, 0.1) is 0 Å². The number of benzene rings is 3. The summed E-state index contributed by atoms with van der Waals surface area (Å²) in [6.45, 7) is 0.659. The van der Waals surface area contributed by atoms with E-state index in [9.17, 15) is 9.90 Å². The van der Waals surface area contributed by atoms with Crippen molar-refractivity contribution in [3.63, 3.8) is 0 Å². The number of carbonyl (C=O) groups is 1. The lowest BCUT2D eigenvalue weighted by Gasteiger charge is -2.04. The monoisotopic (exact) mass is 520 g/mol. The molecule has 0 radical (unpaired) electrons. The van der Waals surface area contributed by atoms with Crippen LogP contribution in [0.5, 0.6) is 5.75 Å². The van der Waals surface area contributed by atoms with Crippen LogP contribution in [0.3, 0.4) is 0 Å².